The van der Waals surface area contributed by atoms with Gasteiger partial charge in [-0.05, 0) is 28.4 Å². The molecule has 0 spiro atoms. The van der Waals surface area contributed by atoms with Gasteiger partial charge in [0.25, 0.3) is 5.91 Å². The molecule has 0 N–H and O–H groups in total. The lowest BCUT2D eigenvalue weighted by molar-refractivity contribution is 0.0760. The summed E-state index contributed by atoms with van der Waals surface area (Å²) in [7, 11) is 0. The fraction of sp³-hybridized carbons (Fsp3) is 0.500. The van der Waals surface area contributed by atoms with Gasteiger partial charge in [0.2, 0.25) is 0 Å². The van der Waals surface area contributed by atoms with Crippen LogP contribution in [-0.4, -0.2) is 39.9 Å². The number of thioether (sulfide) groups is 1. The van der Waals surface area contributed by atoms with E-state index in [9.17, 15) is 4.79 Å². The lowest BCUT2D eigenvalue weighted by Gasteiger charge is -2.31. The van der Waals surface area contributed by atoms with Crippen LogP contribution in [0.1, 0.15) is 23.7 Å². The second-order valence-electron chi connectivity index (χ2n) is 4.04. The van der Waals surface area contributed by atoms with Crippen molar-refractivity contribution >= 4 is 33.6 Å². The van der Waals surface area contributed by atoms with Gasteiger partial charge in [0.05, 0.1) is 5.56 Å². The molecule has 2 heterocycles. The quantitative estimate of drug-likeness (QED) is 0.841. The fourth-order valence-corrected chi connectivity index (χ4v) is 3.41. The van der Waals surface area contributed by atoms with Crippen molar-refractivity contribution in [1.29, 1.82) is 0 Å². The smallest absolute Gasteiger partial charge is 0.255 e. The Kier molecular flexibility index (Phi) is 4.45. The third-order valence-electron chi connectivity index (χ3n) is 2.83. The van der Waals surface area contributed by atoms with Crippen LogP contribution in [-0.2, 0) is 0 Å². The summed E-state index contributed by atoms with van der Waals surface area (Å²) in [6, 6.07) is 1.83. The largest absolute Gasteiger partial charge is 0.337 e. The lowest BCUT2D eigenvalue weighted by Crippen LogP contribution is -2.41. The molecule has 1 aromatic rings. The summed E-state index contributed by atoms with van der Waals surface area (Å²) in [4.78, 5) is 18.2. The number of halogens is 1. The molecule has 2 rings (SSSR count). The van der Waals surface area contributed by atoms with Gasteiger partial charge in [0, 0.05) is 41.0 Å². The first kappa shape index (κ1) is 12.9. The van der Waals surface area contributed by atoms with E-state index in [0.29, 0.717) is 10.8 Å². The molecule has 0 saturated carbocycles. The molecule has 1 amide bonds. The fourth-order valence-electron chi connectivity index (χ4n) is 1.86. The van der Waals surface area contributed by atoms with E-state index in [1.54, 1.807) is 12.4 Å². The summed E-state index contributed by atoms with van der Waals surface area (Å²) in [5.41, 5.74) is 0.668. The van der Waals surface area contributed by atoms with Gasteiger partial charge in [-0.25, -0.2) is 0 Å². The number of carbonyl (C=O) groups excluding carboxylic acids is 1. The first-order valence-corrected chi connectivity index (χ1v) is 7.56. The van der Waals surface area contributed by atoms with E-state index in [-0.39, 0.29) is 5.91 Å². The molecular weight excluding hydrogens is 300 g/mol. The van der Waals surface area contributed by atoms with Crippen molar-refractivity contribution in [2.24, 2.45) is 0 Å². The van der Waals surface area contributed by atoms with Crippen molar-refractivity contribution in [2.75, 3.05) is 18.8 Å². The SMILES string of the molecule is CCC1CN(C(=O)c2cncc(Br)c2)CCS1. The van der Waals surface area contributed by atoms with Gasteiger partial charge in [-0.15, -0.1) is 0 Å². The van der Waals surface area contributed by atoms with Crippen LogP contribution < -0.4 is 0 Å². The number of amides is 1. The van der Waals surface area contributed by atoms with Crippen molar-refractivity contribution < 1.29 is 4.79 Å². The second kappa shape index (κ2) is 5.87. The molecule has 0 aliphatic carbocycles. The average Bonchev–Trinajstić information content (AvgIpc) is 2.38. The molecule has 1 aromatic heterocycles. The maximum absolute atomic E-state index is 12.3. The van der Waals surface area contributed by atoms with Crippen LogP contribution in [0.25, 0.3) is 0 Å². The highest BCUT2D eigenvalue weighted by molar-refractivity contribution is 9.10. The zero-order chi connectivity index (χ0) is 12.3. The first-order valence-electron chi connectivity index (χ1n) is 5.72. The van der Waals surface area contributed by atoms with Crippen LogP contribution in [0.2, 0.25) is 0 Å². The minimum absolute atomic E-state index is 0.0950. The molecule has 3 nitrogen and oxygen atoms in total. The summed E-state index contributed by atoms with van der Waals surface area (Å²) in [5.74, 6) is 1.13. The molecular formula is C12H15BrN2OS. The predicted octanol–water partition coefficient (Wildman–Crippen LogP) is 2.81. The zero-order valence-electron chi connectivity index (χ0n) is 9.73. The van der Waals surface area contributed by atoms with Crippen molar-refractivity contribution in [2.45, 2.75) is 18.6 Å². The predicted molar refractivity (Wildman–Crippen MR) is 74.4 cm³/mol. The molecule has 1 atom stereocenters. The van der Waals surface area contributed by atoms with Crippen LogP contribution in [0, 0.1) is 0 Å². The molecule has 17 heavy (non-hydrogen) atoms. The Balaban J connectivity index is 2.09. The molecule has 1 aliphatic heterocycles. The number of carbonyl (C=O) groups is 1. The monoisotopic (exact) mass is 314 g/mol. The summed E-state index contributed by atoms with van der Waals surface area (Å²) in [6.45, 7) is 3.87. The van der Waals surface area contributed by atoms with E-state index < -0.39 is 0 Å². The highest BCUT2D eigenvalue weighted by Gasteiger charge is 2.23. The Morgan fingerprint density at radius 3 is 3.18 bits per heavy atom. The Morgan fingerprint density at radius 2 is 2.47 bits per heavy atom. The number of hydrogen-bond donors (Lipinski definition) is 0. The molecule has 0 aromatic carbocycles. The number of nitrogens with zero attached hydrogens (tertiary/aromatic N) is 2. The highest BCUT2D eigenvalue weighted by atomic mass is 79.9. The van der Waals surface area contributed by atoms with Gasteiger partial charge in [0.1, 0.15) is 0 Å². The number of rotatable bonds is 2. The number of pyridine rings is 1. The average molecular weight is 315 g/mol. The van der Waals surface area contributed by atoms with E-state index in [1.165, 1.54) is 0 Å². The Morgan fingerprint density at radius 1 is 1.65 bits per heavy atom. The molecule has 5 heteroatoms. The zero-order valence-corrected chi connectivity index (χ0v) is 12.1. The minimum atomic E-state index is 0.0950. The van der Waals surface area contributed by atoms with Gasteiger partial charge in [0.15, 0.2) is 0 Å². The van der Waals surface area contributed by atoms with E-state index in [0.717, 1.165) is 29.7 Å². The normalized spacial score (nSPS) is 20.4. The Hall–Kier alpha value is -0.550. The Labute approximate surface area is 114 Å². The van der Waals surface area contributed by atoms with Crippen LogP contribution in [0.3, 0.4) is 0 Å². The summed E-state index contributed by atoms with van der Waals surface area (Å²) in [6.07, 6.45) is 4.44. The van der Waals surface area contributed by atoms with E-state index >= 15 is 0 Å². The van der Waals surface area contributed by atoms with Crippen LogP contribution in [0.4, 0.5) is 0 Å². The molecule has 0 radical (unpaired) electrons. The standard InChI is InChI=1S/C12H15BrN2OS/c1-2-11-8-15(3-4-17-11)12(16)9-5-10(13)7-14-6-9/h5-7,11H,2-4,8H2,1H3. The molecule has 1 fully saturated rings. The van der Waals surface area contributed by atoms with E-state index in [2.05, 4.69) is 27.8 Å². The maximum Gasteiger partial charge on any atom is 0.255 e. The Bertz CT molecular complexity index is 413. The van der Waals surface area contributed by atoms with Crippen molar-refractivity contribution in [3.05, 3.63) is 28.5 Å². The minimum Gasteiger partial charge on any atom is -0.337 e. The molecule has 0 bridgehead atoms. The van der Waals surface area contributed by atoms with E-state index in [4.69, 9.17) is 0 Å². The van der Waals surface area contributed by atoms with Crippen LogP contribution in [0.5, 0.6) is 0 Å². The third-order valence-corrected chi connectivity index (χ3v) is 4.64. The van der Waals surface area contributed by atoms with Gasteiger partial charge < -0.3 is 4.90 Å². The van der Waals surface area contributed by atoms with Crippen molar-refractivity contribution in [3.8, 4) is 0 Å². The van der Waals surface area contributed by atoms with Gasteiger partial charge in [-0.1, -0.05) is 6.92 Å². The maximum atomic E-state index is 12.3. The summed E-state index contributed by atoms with van der Waals surface area (Å²) >= 11 is 5.31. The van der Waals surface area contributed by atoms with Crippen LogP contribution in [0.15, 0.2) is 22.9 Å². The molecule has 1 unspecified atom stereocenters. The third kappa shape index (κ3) is 3.22. The van der Waals surface area contributed by atoms with Gasteiger partial charge >= 0.3 is 0 Å². The number of aromatic nitrogens is 1. The number of hydrogen-bond acceptors (Lipinski definition) is 3. The van der Waals surface area contributed by atoms with Gasteiger partial charge in [-0.2, -0.15) is 11.8 Å². The highest BCUT2D eigenvalue weighted by Crippen LogP contribution is 2.22. The topological polar surface area (TPSA) is 33.2 Å². The molecule has 1 aliphatic rings. The van der Waals surface area contributed by atoms with E-state index in [1.807, 2.05) is 22.7 Å². The summed E-state index contributed by atoms with van der Waals surface area (Å²) in [5, 5.41) is 0.577. The van der Waals surface area contributed by atoms with Crippen molar-refractivity contribution in [1.82, 2.24) is 9.88 Å². The second-order valence-corrected chi connectivity index (χ2v) is 6.37. The van der Waals surface area contributed by atoms with Gasteiger partial charge in [-0.3, -0.25) is 9.78 Å². The first-order chi connectivity index (χ1) is 8.20. The molecule has 1 saturated heterocycles. The lowest BCUT2D eigenvalue weighted by atomic mass is 10.2. The van der Waals surface area contributed by atoms with Crippen LogP contribution >= 0.6 is 27.7 Å². The molecule has 92 valence electrons. The summed E-state index contributed by atoms with van der Waals surface area (Å²) < 4.78 is 0.849. The van der Waals surface area contributed by atoms with Crippen molar-refractivity contribution in [3.63, 3.8) is 0 Å².